The normalized spacial score (nSPS) is 13.6. The van der Waals surface area contributed by atoms with E-state index in [9.17, 15) is 4.79 Å². The molecule has 0 saturated carbocycles. The summed E-state index contributed by atoms with van der Waals surface area (Å²) in [5.74, 6) is 0.00214. The molecule has 1 atom stereocenters. The number of hydrogen-bond donors (Lipinski definition) is 2. The van der Waals surface area contributed by atoms with Gasteiger partial charge in [-0.15, -0.1) is 0 Å². The molecule has 0 heterocycles. The summed E-state index contributed by atoms with van der Waals surface area (Å²) in [5.41, 5.74) is 6.42. The monoisotopic (exact) mass is 246 g/mol. The number of benzene rings is 1. The van der Waals surface area contributed by atoms with Crippen LogP contribution in [-0.4, -0.2) is 17.4 Å². The lowest BCUT2D eigenvalue weighted by molar-refractivity contribution is 0.104. The number of nitrogens with one attached hydrogen (secondary N) is 1. The van der Waals surface area contributed by atoms with Gasteiger partial charge >= 0.3 is 0 Å². The highest BCUT2D eigenvalue weighted by Crippen LogP contribution is 2.07. The molecule has 0 aliphatic heterocycles. The van der Waals surface area contributed by atoms with Crippen LogP contribution in [0.15, 0.2) is 42.6 Å². The van der Waals surface area contributed by atoms with Crippen molar-refractivity contribution in [1.82, 2.24) is 5.32 Å². The van der Waals surface area contributed by atoms with Crippen LogP contribution in [0.2, 0.25) is 0 Å². The molecule has 18 heavy (non-hydrogen) atoms. The first-order chi connectivity index (χ1) is 8.38. The van der Waals surface area contributed by atoms with E-state index in [1.807, 2.05) is 39.0 Å². The minimum absolute atomic E-state index is 0.00214. The molecule has 1 aromatic rings. The molecule has 0 spiro atoms. The van der Waals surface area contributed by atoms with Crippen molar-refractivity contribution in [2.24, 2.45) is 5.73 Å². The van der Waals surface area contributed by atoms with Crippen LogP contribution in [0.4, 0.5) is 0 Å². The van der Waals surface area contributed by atoms with Crippen molar-refractivity contribution in [3.05, 3.63) is 48.2 Å². The predicted octanol–water partition coefficient (Wildman–Crippen LogP) is 2.49. The van der Waals surface area contributed by atoms with Crippen molar-refractivity contribution in [2.75, 3.05) is 0 Å². The van der Waals surface area contributed by atoms with Crippen LogP contribution < -0.4 is 11.1 Å². The Morgan fingerprint density at radius 2 is 2.00 bits per heavy atom. The van der Waals surface area contributed by atoms with Gasteiger partial charge < -0.3 is 11.1 Å². The molecule has 0 aliphatic rings. The zero-order valence-electron chi connectivity index (χ0n) is 11.3. The van der Waals surface area contributed by atoms with Crippen molar-refractivity contribution >= 4 is 5.78 Å². The lowest BCUT2D eigenvalue weighted by atomic mass is 9.98. The summed E-state index contributed by atoms with van der Waals surface area (Å²) in [6.45, 7) is 6.03. The van der Waals surface area contributed by atoms with Gasteiger partial charge in [0.25, 0.3) is 0 Å². The fourth-order valence-electron chi connectivity index (χ4n) is 1.83. The molecule has 3 heteroatoms. The molecule has 1 aromatic carbocycles. The summed E-state index contributed by atoms with van der Waals surface area (Å²) in [5, 5.41) is 3.16. The molecule has 1 unspecified atom stereocenters. The fourth-order valence-corrected chi connectivity index (χ4v) is 1.83. The first kappa shape index (κ1) is 14.5. The number of ketones is 1. The Balaban J connectivity index is 2.44. The summed E-state index contributed by atoms with van der Waals surface area (Å²) in [4.78, 5) is 11.8. The zero-order valence-corrected chi connectivity index (χ0v) is 11.3. The molecule has 0 aromatic heterocycles. The van der Waals surface area contributed by atoms with Gasteiger partial charge in [0.1, 0.15) is 0 Å². The van der Waals surface area contributed by atoms with Gasteiger partial charge in [-0.2, -0.15) is 0 Å². The molecular formula is C15H22N2O. The molecule has 1 rings (SSSR count). The first-order valence-electron chi connectivity index (χ1n) is 6.19. The van der Waals surface area contributed by atoms with E-state index in [0.717, 1.165) is 6.42 Å². The van der Waals surface area contributed by atoms with Gasteiger partial charge in [0, 0.05) is 29.4 Å². The van der Waals surface area contributed by atoms with E-state index in [-0.39, 0.29) is 17.4 Å². The molecule has 0 saturated heterocycles. The van der Waals surface area contributed by atoms with Crippen LogP contribution in [0.3, 0.4) is 0 Å². The van der Waals surface area contributed by atoms with E-state index in [1.165, 1.54) is 0 Å². The van der Waals surface area contributed by atoms with Crippen molar-refractivity contribution in [2.45, 2.75) is 38.8 Å². The van der Waals surface area contributed by atoms with Crippen LogP contribution in [0, 0.1) is 0 Å². The Kier molecular flexibility index (Phi) is 5.10. The topological polar surface area (TPSA) is 55.1 Å². The van der Waals surface area contributed by atoms with Gasteiger partial charge in [0.05, 0.1) is 0 Å². The van der Waals surface area contributed by atoms with Gasteiger partial charge in [0.15, 0.2) is 5.78 Å². The summed E-state index contributed by atoms with van der Waals surface area (Å²) in [7, 11) is 0. The number of carbonyl (C=O) groups is 1. The Bertz CT molecular complexity index is 404. The largest absolute Gasteiger partial charge is 0.388 e. The van der Waals surface area contributed by atoms with Gasteiger partial charge in [-0.1, -0.05) is 30.3 Å². The average molecular weight is 246 g/mol. The van der Waals surface area contributed by atoms with E-state index in [1.54, 1.807) is 24.4 Å². The third-order valence-electron chi connectivity index (χ3n) is 2.51. The third-order valence-corrected chi connectivity index (χ3v) is 2.51. The zero-order chi connectivity index (χ0) is 13.6. The first-order valence-corrected chi connectivity index (χ1v) is 6.19. The standard InChI is InChI=1S/C15H22N2O/c1-12(11-15(2,3)16)17-10-9-14(18)13-7-5-4-6-8-13/h4-10,12,17H,11,16H2,1-3H3/b10-9-. The second-order valence-corrected chi connectivity index (χ2v) is 5.32. The van der Waals surface area contributed by atoms with Gasteiger partial charge in [0.2, 0.25) is 0 Å². The van der Waals surface area contributed by atoms with E-state index in [4.69, 9.17) is 5.73 Å². The van der Waals surface area contributed by atoms with Crippen LogP contribution in [-0.2, 0) is 0 Å². The second kappa shape index (κ2) is 6.36. The van der Waals surface area contributed by atoms with E-state index in [0.29, 0.717) is 5.56 Å². The summed E-state index contributed by atoms with van der Waals surface area (Å²) >= 11 is 0. The Labute approximate surface area is 109 Å². The van der Waals surface area contributed by atoms with Gasteiger partial charge in [-0.05, 0) is 27.2 Å². The Morgan fingerprint density at radius 1 is 1.39 bits per heavy atom. The summed E-state index contributed by atoms with van der Waals surface area (Å²) in [6.07, 6.45) is 4.10. The second-order valence-electron chi connectivity index (χ2n) is 5.32. The van der Waals surface area contributed by atoms with Crippen LogP contribution in [0.5, 0.6) is 0 Å². The maximum Gasteiger partial charge on any atom is 0.187 e. The lowest BCUT2D eigenvalue weighted by Gasteiger charge is -2.23. The number of hydrogen-bond acceptors (Lipinski definition) is 3. The van der Waals surface area contributed by atoms with Crippen LogP contribution >= 0.6 is 0 Å². The molecule has 0 fully saturated rings. The molecule has 0 aliphatic carbocycles. The fraction of sp³-hybridized carbons (Fsp3) is 0.400. The van der Waals surface area contributed by atoms with Crippen molar-refractivity contribution in [3.8, 4) is 0 Å². The highest BCUT2D eigenvalue weighted by Gasteiger charge is 2.14. The third kappa shape index (κ3) is 5.64. The smallest absolute Gasteiger partial charge is 0.187 e. The number of rotatable bonds is 6. The molecule has 0 radical (unpaired) electrons. The average Bonchev–Trinajstić information content (AvgIpc) is 2.27. The number of allylic oxidation sites excluding steroid dienone is 1. The summed E-state index contributed by atoms with van der Waals surface area (Å²) in [6, 6.07) is 9.45. The van der Waals surface area contributed by atoms with Crippen molar-refractivity contribution in [1.29, 1.82) is 0 Å². The quantitative estimate of drug-likeness (QED) is 0.599. The molecule has 3 nitrogen and oxygen atoms in total. The highest BCUT2D eigenvalue weighted by atomic mass is 16.1. The SMILES string of the molecule is CC(CC(C)(C)N)N/C=C\C(=O)c1ccccc1. The Morgan fingerprint density at radius 3 is 2.56 bits per heavy atom. The predicted molar refractivity (Wildman–Crippen MR) is 75.4 cm³/mol. The number of carbonyl (C=O) groups excluding carboxylic acids is 1. The maximum absolute atomic E-state index is 11.8. The molecule has 0 bridgehead atoms. The number of nitrogens with two attached hydrogens (primary N) is 1. The van der Waals surface area contributed by atoms with E-state index >= 15 is 0 Å². The molecule has 0 amide bonds. The molecular weight excluding hydrogens is 224 g/mol. The maximum atomic E-state index is 11.8. The van der Waals surface area contributed by atoms with Gasteiger partial charge in [-0.25, -0.2) is 0 Å². The van der Waals surface area contributed by atoms with E-state index in [2.05, 4.69) is 5.32 Å². The van der Waals surface area contributed by atoms with Crippen molar-refractivity contribution < 1.29 is 4.79 Å². The van der Waals surface area contributed by atoms with E-state index < -0.39 is 0 Å². The molecule has 3 N–H and O–H groups in total. The highest BCUT2D eigenvalue weighted by molar-refractivity contribution is 6.04. The van der Waals surface area contributed by atoms with Crippen LogP contribution in [0.1, 0.15) is 37.6 Å². The molecule has 98 valence electrons. The minimum Gasteiger partial charge on any atom is -0.388 e. The lowest BCUT2D eigenvalue weighted by Crippen LogP contribution is -2.39. The summed E-state index contributed by atoms with van der Waals surface area (Å²) < 4.78 is 0. The van der Waals surface area contributed by atoms with Crippen molar-refractivity contribution in [3.63, 3.8) is 0 Å². The van der Waals surface area contributed by atoms with Gasteiger partial charge in [-0.3, -0.25) is 4.79 Å². The Hall–Kier alpha value is -1.61. The van der Waals surface area contributed by atoms with Crippen LogP contribution in [0.25, 0.3) is 0 Å². The minimum atomic E-state index is -0.205.